The van der Waals surface area contributed by atoms with E-state index in [1.807, 2.05) is 31.2 Å². The molecule has 0 saturated heterocycles. The number of hydrogen-bond acceptors (Lipinski definition) is 4. The molecule has 1 aliphatic rings. The maximum Gasteiger partial charge on any atom is 0.319 e. The minimum atomic E-state index is -0.219. The summed E-state index contributed by atoms with van der Waals surface area (Å²) in [4.78, 5) is 12.5. The van der Waals surface area contributed by atoms with Crippen molar-refractivity contribution in [2.24, 2.45) is 5.92 Å². The standard InChI is InChI=1S/C19H28N6O/c1-13(2)12-16(18-24-23-17-8-9-20-10-11-25(17)18)22-19(26)21-15-6-4-14(3)5-7-15/h4-7,13,16,20H,8-12H2,1-3H3,(H2,21,22,26)/t16-/m1/s1. The molecule has 0 bridgehead atoms. The Balaban J connectivity index is 1.75. The number of nitrogens with zero attached hydrogens (tertiary/aromatic N) is 3. The summed E-state index contributed by atoms with van der Waals surface area (Å²) in [6.45, 7) is 8.94. The van der Waals surface area contributed by atoms with Crippen LogP contribution < -0.4 is 16.0 Å². The number of nitrogens with one attached hydrogen (secondary N) is 3. The third-order valence-corrected chi connectivity index (χ3v) is 4.53. The van der Waals surface area contributed by atoms with Crippen molar-refractivity contribution in [3.63, 3.8) is 0 Å². The number of carbonyl (C=O) groups excluding carboxylic acids is 1. The third-order valence-electron chi connectivity index (χ3n) is 4.53. The third kappa shape index (κ3) is 4.60. The Bertz CT molecular complexity index is 737. The zero-order valence-corrected chi connectivity index (χ0v) is 15.7. The molecule has 0 spiro atoms. The monoisotopic (exact) mass is 356 g/mol. The number of urea groups is 1. The van der Waals surface area contributed by atoms with Crippen molar-refractivity contribution in [3.8, 4) is 0 Å². The lowest BCUT2D eigenvalue weighted by Gasteiger charge is -2.21. The van der Waals surface area contributed by atoms with Gasteiger partial charge in [-0.15, -0.1) is 10.2 Å². The van der Waals surface area contributed by atoms with Crippen LogP contribution in [0.25, 0.3) is 0 Å². The van der Waals surface area contributed by atoms with E-state index >= 15 is 0 Å². The van der Waals surface area contributed by atoms with E-state index in [0.717, 1.165) is 55.4 Å². The SMILES string of the molecule is Cc1ccc(NC(=O)N[C@H](CC(C)C)c2nnc3n2CCNCC3)cc1. The second-order valence-corrected chi connectivity index (χ2v) is 7.27. The summed E-state index contributed by atoms with van der Waals surface area (Å²) in [5, 5.41) is 18.1. The lowest BCUT2D eigenvalue weighted by molar-refractivity contribution is 0.245. The molecule has 7 heteroatoms. The molecule has 0 fully saturated rings. The van der Waals surface area contributed by atoms with Crippen molar-refractivity contribution >= 4 is 11.7 Å². The zero-order valence-electron chi connectivity index (χ0n) is 15.7. The fourth-order valence-electron chi connectivity index (χ4n) is 3.21. The number of rotatable bonds is 5. The van der Waals surface area contributed by atoms with Gasteiger partial charge in [-0.1, -0.05) is 31.5 Å². The van der Waals surface area contributed by atoms with Gasteiger partial charge in [-0.3, -0.25) is 0 Å². The van der Waals surface area contributed by atoms with E-state index in [4.69, 9.17) is 0 Å². The Morgan fingerprint density at radius 2 is 2.00 bits per heavy atom. The molecule has 1 aromatic heterocycles. The molecule has 2 heterocycles. The molecule has 26 heavy (non-hydrogen) atoms. The topological polar surface area (TPSA) is 83.9 Å². The van der Waals surface area contributed by atoms with Crippen LogP contribution in [0.3, 0.4) is 0 Å². The number of fused-ring (bicyclic) bond motifs is 1. The first-order valence-corrected chi connectivity index (χ1v) is 9.30. The van der Waals surface area contributed by atoms with Crippen molar-refractivity contribution in [2.45, 2.75) is 46.2 Å². The Morgan fingerprint density at radius 1 is 1.23 bits per heavy atom. The number of hydrogen-bond donors (Lipinski definition) is 3. The van der Waals surface area contributed by atoms with E-state index in [9.17, 15) is 4.79 Å². The van der Waals surface area contributed by atoms with E-state index < -0.39 is 0 Å². The van der Waals surface area contributed by atoms with Gasteiger partial charge in [-0.25, -0.2) is 4.79 Å². The molecule has 3 rings (SSSR count). The molecule has 0 saturated carbocycles. The average molecular weight is 356 g/mol. The van der Waals surface area contributed by atoms with Gasteiger partial charge in [0.15, 0.2) is 5.82 Å². The first-order chi connectivity index (χ1) is 12.5. The number of aryl methyl sites for hydroxylation is 1. The molecule has 140 valence electrons. The summed E-state index contributed by atoms with van der Waals surface area (Å²) in [6, 6.07) is 7.38. The fourth-order valence-corrected chi connectivity index (χ4v) is 3.21. The molecule has 7 nitrogen and oxygen atoms in total. The molecular formula is C19H28N6O. The molecule has 0 radical (unpaired) electrons. The van der Waals surface area contributed by atoms with Crippen LogP contribution in [0.1, 0.15) is 43.5 Å². The molecule has 0 unspecified atom stereocenters. The Kier molecular flexibility index (Phi) is 5.88. The predicted octanol–water partition coefficient (Wildman–Crippen LogP) is 2.64. The van der Waals surface area contributed by atoms with Crippen molar-refractivity contribution < 1.29 is 4.79 Å². The summed E-state index contributed by atoms with van der Waals surface area (Å²) in [6.07, 6.45) is 1.67. The van der Waals surface area contributed by atoms with Crippen LogP contribution in [-0.4, -0.2) is 33.9 Å². The number of benzene rings is 1. The second-order valence-electron chi connectivity index (χ2n) is 7.27. The highest BCUT2D eigenvalue weighted by molar-refractivity contribution is 5.89. The Morgan fingerprint density at radius 3 is 2.73 bits per heavy atom. The van der Waals surface area contributed by atoms with Crippen LogP contribution in [0.15, 0.2) is 24.3 Å². The average Bonchev–Trinajstić information content (AvgIpc) is 2.84. The van der Waals surface area contributed by atoms with Crippen molar-refractivity contribution in [3.05, 3.63) is 41.5 Å². The molecule has 2 aromatic rings. The van der Waals surface area contributed by atoms with Crippen LogP contribution in [0.4, 0.5) is 10.5 Å². The predicted molar refractivity (Wildman–Crippen MR) is 102 cm³/mol. The van der Waals surface area contributed by atoms with Crippen LogP contribution >= 0.6 is 0 Å². The van der Waals surface area contributed by atoms with Crippen LogP contribution in [0, 0.1) is 12.8 Å². The maximum absolute atomic E-state index is 12.5. The van der Waals surface area contributed by atoms with Gasteiger partial charge in [-0.05, 0) is 31.4 Å². The maximum atomic E-state index is 12.5. The first kappa shape index (κ1) is 18.4. The smallest absolute Gasteiger partial charge is 0.319 e. The van der Waals surface area contributed by atoms with Crippen molar-refractivity contribution in [1.29, 1.82) is 0 Å². The minimum Gasteiger partial charge on any atom is -0.328 e. The van der Waals surface area contributed by atoms with Gasteiger partial charge in [-0.2, -0.15) is 0 Å². The largest absolute Gasteiger partial charge is 0.328 e. The number of amides is 2. The molecule has 3 N–H and O–H groups in total. The number of aromatic nitrogens is 3. The van der Waals surface area contributed by atoms with E-state index in [1.165, 1.54) is 0 Å². The highest BCUT2D eigenvalue weighted by Crippen LogP contribution is 2.22. The molecule has 1 aromatic carbocycles. The van der Waals surface area contributed by atoms with E-state index in [1.54, 1.807) is 0 Å². The van der Waals surface area contributed by atoms with Gasteiger partial charge in [0.1, 0.15) is 5.82 Å². The summed E-state index contributed by atoms with van der Waals surface area (Å²) in [7, 11) is 0. The number of carbonyl (C=O) groups is 1. The lowest BCUT2D eigenvalue weighted by Crippen LogP contribution is -2.35. The van der Waals surface area contributed by atoms with Crippen molar-refractivity contribution in [1.82, 2.24) is 25.4 Å². The van der Waals surface area contributed by atoms with Gasteiger partial charge in [0.05, 0.1) is 6.04 Å². The zero-order chi connectivity index (χ0) is 18.5. The van der Waals surface area contributed by atoms with E-state index in [0.29, 0.717) is 5.92 Å². The van der Waals surface area contributed by atoms with Crippen molar-refractivity contribution in [2.75, 3.05) is 18.4 Å². The quantitative estimate of drug-likeness (QED) is 0.769. The van der Waals surface area contributed by atoms with Gasteiger partial charge < -0.3 is 20.5 Å². The minimum absolute atomic E-state index is 0.167. The molecule has 1 atom stereocenters. The molecule has 2 amide bonds. The highest BCUT2D eigenvalue weighted by atomic mass is 16.2. The highest BCUT2D eigenvalue weighted by Gasteiger charge is 2.24. The summed E-state index contributed by atoms with van der Waals surface area (Å²) < 4.78 is 2.15. The molecule has 1 aliphatic heterocycles. The second kappa shape index (κ2) is 8.31. The van der Waals surface area contributed by atoms with Crippen LogP contribution in [-0.2, 0) is 13.0 Å². The first-order valence-electron chi connectivity index (χ1n) is 9.30. The Hall–Kier alpha value is -2.41. The van der Waals surface area contributed by atoms with E-state index in [2.05, 4.69) is 44.6 Å². The molecular weight excluding hydrogens is 328 g/mol. The van der Waals surface area contributed by atoms with Crippen LogP contribution in [0.5, 0.6) is 0 Å². The van der Waals surface area contributed by atoms with Gasteiger partial charge in [0.25, 0.3) is 0 Å². The summed E-state index contributed by atoms with van der Waals surface area (Å²) in [5.41, 5.74) is 1.94. The summed E-state index contributed by atoms with van der Waals surface area (Å²) >= 11 is 0. The fraction of sp³-hybridized carbons (Fsp3) is 0.526. The molecule has 0 aliphatic carbocycles. The van der Waals surface area contributed by atoms with Gasteiger partial charge >= 0.3 is 6.03 Å². The van der Waals surface area contributed by atoms with Gasteiger partial charge in [0, 0.05) is 31.7 Å². The number of anilines is 1. The lowest BCUT2D eigenvalue weighted by atomic mass is 10.0. The van der Waals surface area contributed by atoms with E-state index in [-0.39, 0.29) is 12.1 Å². The normalized spacial score (nSPS) is 15.2. The van der Waals surface area contributed by atoms with Gasteiger partial charge in [0.2, 0.25) is 0 Å². The van der Waals surface area contributed by atoms with Crippen LogP contribution in [0.2, 0.25) is 0 Å². The Labute approximate surface area is 154 Å². The summed E-state index contributed by atoms with van der Waals surface area (Å²) in [5.74, 6) is 2.26.